The van der Waals surface area contributed by atoms with Crippen molar-refractivity contribution in [1.29, 1.82) is 0 Å². The molecule has 2 aromatic rings. The summed E-state index contributed by atoms with van der Waals surface area (Å²) in [5, 5.41) is 4.45. The van der Waals surface area contributed by atoms with Crippen LogP contribution in [0.2, 0.25) is 10.0 Å². The van der Waals surface area contributed by atoms with E-state index in [1.54, 1.807) is 0 Å². The van der Waals surface area contributed by atoms with Crippen molar-refractivity contribution in [3.05, 3.63) is 63.6 Å². The zero-order valence-corrected chi connectivity index (χ0v) is 23.0. The Morgan fingerprint density at radius 2 is 1.81 bits per heavy atom. The number of benzene rings is 2. The number of hydrogen-bond acceptors (Lipinski definition) is 4. The third kappa shape index (κ3) is 4.32. The molecule has 1 amide bonds. The molecule has 2 heterocycles. The minimum Gasteiger partial charge on any atom is -0.491 e. The van der Waals surface area contributed by atoms with Crippen molar-refractivity contribution in [3.63, 3.8) is 0 Å². The summed E-state index contributed by atoms with van der Waals surface area (Å²) in [4.78, 5) is 13.0. The summed E-state index contributed by atoms with van der Waals surface area (Å²) in [5.41, 5.74) is 7.95. The van der Waals surface area contributed by atoms with Crippen molar-refractivity contribution in [2.45, 2.75) is 82.6 Å². The highest BCUT2D eigenvalue weighted by molar-refractivity contribution is 6.31. The Hall–Kier alpha value is -1.79. The predicted molar refractivity (Wildman–Crippen MR) is 144 cm³/mol. The van der Waals surface area contributed by atoms with E-state index in [1.165, 1.54) is 0 Å². The second kappa shape index (κ2) is 9.20. The van der Waals surface area contributed by atoms with Crippen LogP contribution in [0, 0.1) is 11.3 Å². The highest BCUT2D eigenvalue weighted by Crippen LogP contribution is 2.60. The highest BCUT2D eigenvalue weighted by atomic mass is 35.5. The van der Waals surface area contributed by atoms with Gasteiger partial charge >= 0.3 is 0 Å². The molecular weight excluding hydrogens is 495 g/mol. The largest absolute Gasteiger partial charge is 0.491 e. The SMILES string of the molecule is CC1NC(=O)C2(C)CCC(c3ccc(OCC4CCC(C)(C)O4)cc3Cl)C(N)(c3ccc(Cl)cc3)C12. The second-order valence-electron chi connectivity index (χ2n) is 11.7. The molecule has 0 radical (unpaired) electrons. The molecule has 3 aliphatic rings. The Morgan fingerprint density at radius 1 is 1.08 bits per heavy atom. The summed E-state index contributed by atoms with van der Waals surface area (Å²) < 4.78 is 12.1. The van der Waals surface area contributed by atoms with Crippen LogP contribution < -0.4 is 15.8 Å². The van der Waals surface area contributed by atoms with Gasteiger partial charge in [0, 0.05) is 27.9 Å². The minimum atomic E-state index is -0.814. The van der Waals surface area contributed by atoms with Gasteiger partial charge in [0.15, 0.2) is 0 Å². The third-order valence-electron chi connectivity index (χ3n) is 8.79. The number of halogens is 2. The lowest BCUT2D eigenvalue weighted by Crippen LogP contribution is -2.59. The van der Waals surface area contributed by atoms with Crippen LogP contribution in [0.4, 0.5) is 0 Å². The number of hydrogen-bond donors (Lipinski definition) is 2. The lowest BCUT2D eigenvalue weighted by molar-refractivity contribution is -0.131. The molecule has 6 unspecified atom stereocenters. The smallest absolute Gasteiger partial charge is 0.226 e. The highest BCUT2D eigenvalue weighted by Gasteiger charge is 2.63. The molecule has 1 saturated carbocycles. The van der Waals surface area contributed by atoms with Gasteiger partial charge in [0.1, 0.15) is 12.4 Å². The van der Waals surface area contributed by atoms with Gasteiger partial charge in [-0.3, -0.25) is 4.79 Å². The minimum absolute atomic E-state index is 0.0666. The first-order valence-electron chi connectivity index (χ1n) is 12.9. The van der Waals surface area contributed by atoms with Gasteiger partial charge in [0.05, 0.1) is 22.7 Å². The molecule has 0 aromatic heterocycles. The number of nitrogens with one attached hydrogen (secondary N) is 1. The van der Waals surface area contributed by atoms with Crippen LogP contribution in [0.25, 0.3) is 0 Å². The molecule has 194 valence electrons. The van der Waals surface area contributed by atoms with E-state index in [1.807, 2.05) is 42.5 Å². The van der Waals surface area contributed by atoms with Crippen LogP contribution in [0.3, 0.4) is 0 Å². The number of fused-ring (bicyclic) bond motifs is 1. The zero-order chi connectivity index (χ0) is 25.9. The van der Waals surface area contributed by atoms with E-state index in [2.05, 4.69) is 33.0 Å². The summed E-state index contributed by atoms with van der Waals surface area (Å²) in [7, 11) is 0. The molecule has 36 heavy (non-hydrogen) atoms. The lowest BCUT2D eigenvalue weighted by atomic mass is 9.52. The molecule has 5 rings (SSSR count). The van der Waals surface area contributed by atoms with E-state index < -0.39 is 11.0 Å². The topological polar surface area (TPSA) is 73.6 Å². The van der Waals surface area contributed by atoms with E-state index in [-0.39, 0.29) is 35.5 Å². The summed E-state index contributed by atoms with van der Waals surface area (Å²) in [5.74, 6) is 0.618. The maximum atomic E-state index is 13.0. The number of nitrogens with two attached hydrogens (primary N) is 1. The van der Waals surface area contributed by atoms with Gasteiger partial charge in [-0.1, -0.05) is 48.3 Å². The van der Waals surface area contributed by atoms with E-state index in [4.69, 9.17) is 38.4 Å². The molecule has 2 aliphatic heterocycles. The first-order valence-corrected chi connectivity index (χ1v) is 13.7. The molecule has 2 saturated heterocycles. The number of carbonyl (C=O) groups excluding carboxylic acids is 1. The molecule has 0 spiro atoms. The number of ether oxygens (including phenoxy) is 2. The van der Waals surface area contributed by atoms with Crippen molar-refractivity contribution >= 4 is 29.1 Å². The third-order valence-corrected chi connectivity index (χ3v) is 9.37. The quantitative estimate of drug-likeness (QED) is 0.482. The zero-order valence-electron chi connectivity index (χ0n) is 21.4. The molecule has 3 N–H and O–H groups in total. The molecule has 2 aromatic carbocycles. The second-order valence-corrected chi connectivity index (χ2v) is 12.6. The van der Waals surface area contributed by atoms with Gasteiger partial charge in [0.25, 0.3) is 0 Å². The average molecular weight is 532 g/mol. The monoisotopic (exact) mass is 530 g/mol. The van der Waals surface area contributed by atoms with Crippen molar-refractivity contribution in [2.75, 3.05) is 6.61 Å². The number of carbonyl (C=O) groups is 1. The number of rotatable bonds is 5. The van der Waals surface area contributed by atoms with Gasteiger partial charge in [-0.2, -0.15) is 0 Å². The fourth-order valence-corrected chi connectivity index (χ4v) is 7.48. The van der Waals surface area contributed by atoms with E-state index >= 15 is 0 Å². The Labute approximate surface area is 224 Å². The van der Waals surface area contributed by atoms with Gasteiger partial charge in [-0.25, -0.2) is 0 Å². The normalized spacial score (nSPS) is 35.4. The van der Waals surface area contributed by atoms with Crippen LogP contribution in [0.15, 0.2) is 42.5 Å². The van der Waals surface area contributed by atoms with Crippen LogP contribution in [-0.4, -0.2) is 30.3 Å². The van der Waals surface area contributed by atoms with Gasteiger partial charge in [0.2, 0.25) is 5.91 Å². The Bertz CT molecular complexity index is 1150. The van der Waals surface area contributed by atoms with Gasteiger partial charge < -0.3 is 20.5 Å². The Kier molecular flexibility index (Phi) is 6.60. The summed E-state index contributed by atoms with van der Waals surface area (Å²) in [6.45, 7) is 8.83. The van der Waals surface area contributed by atoms with E-state index in [0.29, 0.717) is 16.7 Å². The van der Waals surface area contributed by atoms with Crippen LogP contribution >= 0.6 is 23.2 Å². The first-order chi connectivity index (χ1) is 16.9. The maximum Gasteiger partial charge on any atom is 0.226 e. The fourth-order valence-electron chi connectivity index (χ4n) is 7.05. The summed E-state index contributed by atoms with van der Waals surface area (Å²) >= 11 is 13.1. The van der Waals surface area contributed by atoms with Crippen molar-refractivity contribution in [3.8, 4) is 5.75 Å². The molecule has 6 atom stereocenters. The Balaban J connectivity index is 1.47. The molecule has 0 bridgehead atoms. The number of amides is 1. The van der Waals surface area contributed by atoms with Crippen molar-refractivity contribution in [2.24, 2.45) is 17.1 Å². The van der Waals surface area contributed by atoms with Crippen LogP contribution in [-0.2, 0) is 15.1 Å². The van der Waals surface area contributed by atoms with E-state index in [0.717, 1.165) is 42.6 Å². The van der Waals surface area contributed by atoms with E-state index in [9.17, 15) is 4.79 Å². The maximum absolute atomic E-state index is 13.0. The molecular formula is C29H36Cl2N2O3. The summed E-state index contributed by atoms with van der Waals surface area (Å²) in [6.07, 6.45) is 3.60. The predicted octanol–water partition coefficient (Wildman–Crippen LogP) is 6.20. The van der Waals surface area contributed by atoms with Crippen molar-refractivity contribution < 1.29 is 14.3 Å². The fraction of sp³-hybridized carbons (Fsp3) is 0.552. The first kappa shape index (κ1) is 25.8. The standard InChI is InChI=1S/C29H36Cl2N2O3/c1-17-25-28(4,26(34)33-17)14-12-23(29(25,32)18-5-7-19(30)8-6-18)22-10-9-20(15-24(22)31)35-16-21-11-13-27(2,3)36-21/h5-10,15,17,21,23,25H,11-14,16,32H2,1-4H3,(H,33,34). The van der Waals surface area contributed by atoms with Crippen molar-refractivity contribution in [1.82, 2.24) is 5.32 Å². The van der Waals surface area contributed by atoms with Crippen LogP contribution in [0.1, 0.15) is 70.4 Å². The lowest BCUT2D eigenvalue weighted by Gasteiger charge is -2.53. The molecule has 1 aliphatic carbocycles. The molecule has 5 nitrogen and oxygen atoms in total. The van der Waals surface area contributed by atoms with Crippen LogP contribution in [0.5, 0.6) is 5.75 Å². The Morgan fingerprint density at radius 3 is 2.44 bits per heavy atom. The summed E-state index contributed by atoms with van der Waals surface area (Å²) in [6, 6.07) is 13.5. The molecule has 7 heteroatoms. The average Bonchev–Trinajstić information content (AvgIpc) is 3.28. The molecule has 3 fully saturated rings. The van der Waals surface area contributed by atoms with Gasteiger partial charge in [-0.15, -0.1) is 0 Å². The van der Waals surface area contributed by atoms with Gasteiger partial charge in [-0.05, 0) is 81.8 Å².